The molecule has 0 spiro atoms. The predicted molar refractivity (Wildman–Crippen MR) is 120 cm³/mol. The van der Waals surface area contributed by atoms with Gasteiger partial charge in [-0.15, -0.1) is 0 Å². The number of benzene rings is 1. The standard InChI is InChI=1S/C22H30N6O3/c1-21(2)10-13(11-22(3,4)31-21)25-19-17-18(24-12-23-17)27-20(28-19)26-15-8-7-14(29-5)9-16(15)30-6/h7-9,12-13H,10-11H2,1-6H3,(H3,23,24,25,26,27,28). The lowest BCUT2D eigenvalue weighted by molar-refractivity contribution is -0.158. The van der Waals surface area contributed by atoms with Crippen LogP contribution in [0.3, 0.4) is 0 Å². The number of hydrogen-bond donors (Lipinski definition) is 3. The molecule has 0 amide bonds. The van der Waals surface area contributed by atoms with Crippen LogP contribution >= 0.6 is 0 Å². The van der Waals surface area contributed by atoms with E-state index in [1.165, 1.54) is 0 Å². The van der Waals surface area contributed by atoms with E-state index in [0.29, 0.717) is 34.4 Å². The number of rotatable bonds is 6. The SMILES string of the molecule is COc1ccc(Nc2nc(NC3CC(C)(C)OC(C)(C)C3)c3nc[nH]c3n2)c(OC)c1. The third-order valence-corrected chi connectivity index (χ3v) is 5.30. The van der Waals surface area contributed by atoms with Gasteiger partial charge < -0.3 is 29.8 Å². The van der Waals surface area contributed by atoms with Crippen LogP contribution in [0.1, 0.15) is 40.5 Å². The Morgan fingerprint density at radius 3 is 2.48 bits per heavy atom. The predicted octanol–water partition coefficient (Wildman–Crippen LogP) is 4.26. The fraction of sp³-hybridized carbons (Fsp3) is 0.500. The molecule has 4 rings (SSSR count). The minimum absolute atomic E-state index is 0.192. The van der Waals surface area contributed by atoms with E-state index in [0.717, 1.165) is 18.5 Å². The van der Waals surface area contributed by atoms with Crippen LogP contribution in [0.2, 0.25) is 0 Å². The van der Waals surface area contributed by atoms with E-state index in [9.17, 15) is 0 Å². The minimum atomic E-state index is -0.228. The number of anilines is 3. The number of methoxy groups -OCH3 is 2. The number of aromatic nitrogens is 4. The van der Waals surface area contributed by atoms with Crippen LogP contribution in [0, 0.1) is 0 Å². The largest absolute Gasteiger partial charge is 0.497 e. The molecule has 0 radical (unpaired) electrons. The minimum Gasteiger partial charge on any atom is -0.497 e. The van der Waals surface area contributed by atoms with Crippen molar-refractivity contribution in [1.29, 1.82) is 0 Å². The van der Waals surface area contributed by atoms with Crippen molar-refractivity contribution in [2.75, 3.05) is 24.9 Å². The summed E-state index contributed by atoms with van der Waals surface area (Å²) in [6.45, 7) is 8.48. The fourth-order valence-corrected chi connectivity index (χ4v) is 4.40. The van der Waals surface area contributed by atoms with E-state index >= 15 is 0 Å². The zero-order valence-corrected chi connectivity index (χ0v) is 18.9. The number of fused-ring (bicyclic) bond motifs is 1. The molecule has 1 saturated heterocycles. The highest BCUT2D eigenvalue weighted by atomic mass is 16.5. The van der Waals surface area contributed by atoms with Gasteiger partial charge in [-0.05, 0) is 52.7 Å². The first-order chi connectivity index (χ1) is 14.7. The molecule has 1 aromatic carbocycles. The molecule has 3 aromatic rings. The van der Waals surface area contributed by atoms with Gasteiger partial charge in [-0.25, -0.2) is 4.98 Å². The third kappa shape index (κ3) is 4.66. The zero-order valence-electron chi connectivity index (χ0n) is 18.9. The summed E-state index contributed by atoms with van der Waals surface area (Å²) < 4.78 is 17.0. The van der Waals surface area contributed by atoms with Gasteiger partial charge in [-0.3, -0.25) is 0 Å². The summed E-state index contributed by atoms with van der Waals surface area (Å²) in [5, 5.41) is 6.84. The summed E-state index contributed by atoms with van der Waals surface area (Å²) in [6.07, 6.45) is 3.35. The first-order valence-electron chi connectivity index (χ1n) is 10.3. The molecule has 0 aliphatic carbocycles. The maximum Gasteiger partial charge on any atom is 0.231 e. The average molecular weight is 427 g/mol. The smallest absolute Gasteiger partial charge is 0.231 e. The Labute approximate surface area is 181 Å². The monoisotopic (exact) mass is 426 g/mol. The maximum atomic E-state index is 6.22. The van der Waals surface area contributed by atoms with Gasteiger partial charge in [0.1, 0.15) is 17.0 Å². The third-order valence-electron chi connectivity index (χ3n) is 5.30. The first kappa shape index (κ1) is 21.2. The molecule has 3 N–H and O–H groups in total. The Hall–Kier alpha value is -3.07. The summed E-state index contributed by atoms with van der Waals surface area (Å²) in [4.78, 5) is 16.8. The summed E-state index contributed by atoms with van der Waals surface area (Å²) in [6, 6.07) is 5.72. The first-order valence-corrected chi connectivity index (χ1v) is 10.3. The zero-order chi connectivity index (χ0) is 22.2. The van der Waals surface area contributed by atoms with E-state index in [1.54, 1.807) is 20.5 Å². The van der Waals surface area contributed by atoms with Gasteiger partial charge in [0.2, 0.25) is 5.95 Å². The van der Waals surface area contributed by atoms with E-state index in [2.05, 4.69) is 53.3 Å². The maximum absolute atomic E-state index is 6.22. The molecule has 31 heavy (non-hydrogen) atoms. The van der Waals surface area contributed by atoms with Crippen molar-refractivity contribution in [3.63, 3.8) is 0 Å². The molecule has 1 fully saturated rings. The van der Waals surface area contributed by atoms with Crippen molar-refractivity contribution in [2.45, 2.75) is 57.8 Å². The number of imidazole rings is 1. The van der Waals surface area contributed by atoms with Crippen molar-refractivity contribution in [3.05, 3.63) is 24.5 Å². The summed E-state index contributed by atoms with van der Waals surface area (Å²) >= 11 is 0. The second-order valence-electron chi connectivity index (χ2n) is 9.06. The molecule has 0 saturated carbocycles. The normalized spacial score (nSPS) is 18.0. The van der Waals surface area contributed by atoms with Gasteiger partial charge in [0.15, 0.2) is 11.5 Å². The van der Waals surface area contributed by atoms with Crippen molar-refractivity contribution in [1.82, 2.24) is 19.9 Å². The highest BCUT2D eigenvalue weighted by molar-refractivity contribution is 5.84. The van der Waals surface area contributed by atoms with Crippen LogP contribution in [0.25, 0.3) is 11.2 Å². The van der Waals surface area contributed by atoms with Gasteiger partial charge in [-0.2, -0.15) is 9.97 Å². The number of ether oxygens (including phenoxy) is 3. The molecule has 1 aliphatic rings. The Balaban J connectivity index is 1.64. The Kier molecular flexibility index (Phi) is 5.38. The van der Waals surface area contributed by atoms with Crippen LogP contribution in [0.5, 0.6) is 11.5 Å². The molecule has 2 aromatic heterocycles. The van der Waals surface area contributed by atoms with Crippen LogP contribution in [-0.4, -0.2) is 51.4 Å². The van der Waals surface area contributed by atoms with Gasteiger partial charge in [0, 0.05) is 12.1 Å². The van der Waals surface area contributed by atoms with Crippen LogP contribution < -0.4 is 20.1 Å². The number of aromatic amines is 1. The summed E-state index contributed by atoms with van der Waals surface area (Å²) in [5.74, 6) is 2.46. The van der Waals surface area contributed by atoms with Gasteiger partial charge >= 0.3 is 0 Å². The van der Waals surface area contributed by atoms with Gasteiger partial charge in [0.05, 0.1) is 37.4 Å². The molecule has 166 valence electrons. The molecular formula is C22H30N6O3. The molecule has 0 unspecified atom stereocenters. The molecule has 0 atom stereocenters. The molecule has 1 aliphatic heterocycles. The summed E-state index contributed by atoms with van der Waals surface area (Å²) in [7, 11) is 3.23. The van der Waals surface area contributed by atoms with E-state index in [4.69, 9.17) is 19.2 Å². The lowest BCUT2D eigenvalue weighted by Crippen LogP contribution is -2.49. The quantitative estimate of drug-likeness (QED) is 0.537. The summed E-state index contributed by atoms with van der Waals surface area (Å²) in [5.41, 5.74) is 1.64. The van der Waals surface area contributed by atoms with Gasteiger partial charge in [0.25, 0.3) is 0 Å². The highest BCUT2D eigenvalue weighted by Crippen LogP contribution is 2.37. The second kappa shape index (κ2) is 7.88. The number of H-pyrrole nitrogens is 1. The van der Waals surface area contributed by atoms with Crippen LogP contribution in [-0.2, 0) is 4.74 Å². The molecule has 3 heterocycles. The van der Waals surface area contributed by atoms with E-state index < -0.39 is 0 Å². The van der Waals surface area contributed by atoms with Crippen LogP contribution in [0.15, 0.2) is 24.5 Å². The molecular weight excluding hydrogens is 396 g/mol. The Morgan fingerprint density at radius 2 is 1.81 bits per heavy atom. The van der Waals surface area contributed by atoms with Crippen molar-refractivity contribution < 1.29 is 14.2 Å². The lowest BCUT2D eigenvalue weighted by Gasteiger charge is -2.45. The van der Waals surface area contributed by atoms with E-state index in [-0.39, 0.29) is 17.2 Å². The van der Waals surface area contributed by atoms with Gasteiger partial charge in [-0.1, -0.05) is 0 Å². The fourth-order valence-electron chi connectivity index (χ4n) is 4.40. The lowest BCUT2D eigenvalue weighted by atomic mass is 9.85. The molecule has 9 heteroatoms. The Morgan fingerprint density at radius 1 is 1.06 bits per heavy atom. The van der Waals surface area contributed by atoms with Crippen molar-refractivity contribution in [2.24, 2.45) is 0 Å². The van der Waals surface area contributed by atoms with Crippen LogP contribution in [0.4, 0.5) is 17.5 Å². The second-order valence-corrected chi connectivity index (χ2v) is 9.06. The number of nitrogens with one attached hydrogen (secondary N) is 3. The number of hydrogen-bond acceptors (Lipinski definition) is 8. The molecule has 9 nitrogen and oxygen atoms in total. The van der Waals surface area contributed by atoms with E-state index in [1.807, 2.05) is 18.2 Å². The number of nitrogens with zero attached hydrogens (tertiary/aromatic N) is 3. The molecule has 0 bridgehead atoms. The highest BCUT2D eigenvalue weighted by Gasteiger charge is 2.39. The van der Waals surface area contributed by atoms with Crippen molar-refractivity contribution >= 4 is 28.6 Å². The Bertz CT molecular complexity index is 1060. The average Bonchev–Trinajstić information content (AvgIpc) is 3.14. The van der Waals surface area contributed by atoms with Crippen molar-refractivity contribution in [3.8, 4) is 11.5 Å². The topological polar surface area (TPSA) is 106 Å².